The minimum absolute atomic E-state index is 0.123. The lowest BCUT2D eigenvalue weighted by molar-refractivity contribution is -0.114. The zero-order chi connectivity index (χ0) is 22.0. The second kappa shape index (κ2) is 8.78. The molecule has 0 saturated carbocycles. The molecule has 0 spiro atoms. The van der Waals surface area contributed by atoms with E-state index >= 15 is 0 Å². The number of aryl methyl sites for hydroxylation is 1. The lowest BCUT2D eigenvalue weighted by Gasteiger charge is -2.27. The summed E-state index contributed by atoms with van der Waals surface area (Å²) in [5, 5.41) is 5.68. The number of carbonyl (C=O) groups is 2. The lowest BCUT2D eigenvalue weighted by Crippen LogP contribution is -2.30. The van der Waals surface area contributed by atoms with Crippen molar-refractivity contribution < 1.29 is 9.59 Å². The summed E-state index contributed by atoms with van der Waals surface area (Å²) in [5.41, 5.74) is 7.08. The van der Waals surface area contributed by atoms with Crippen molar-refractivity contribution in [2.24, 2.45) is 7.05 Å². The summed E-state index contributed by atoms with van der Waals surface area (Å²) in [7, 11) is 1.96. The van der Waals surface area contributed by atoms with Gasteiger partial charge >= 0.3 is 0 Å². The maximum Gasteiger partial charge on any atom is 0.272 e. The third kappa shape index (κ3) is 4.86. The van der Waals surface area contributed by atoms with Crippen LogP contribution < -0.4 is 10.6 Å². The van der Waals surface area contributed by atoms with E-state index in [1.54, 1.807) is 24.3 Å². The second-order valence-electron chi connectivity index (χ2n) is 8.22. The van der Waals surface area contributed by atoms with Crippen LogP contribution in [0.1, 0.15) is 39.8 Å². The molecule has 0 atom stereocenters. The van der Waals surface area contributed by atoms with Gasteiger partial charge in [-0.15, -0.1) is 0 Å². The first-order valence-corrected chi connectivity index (χ1v) is 10.5. The summed E-state index contributed by atoms with van der Waals surface area (Å²) in [6.07, 6.45) is 0.927. The van der Waals surface area contributed by atoms with Gasteiger partial charge in [0.15, 0.2) is 0 Å². The Bertz CT molecular complexity index is 1100. The number of fused-ring (bicyclic) bond motifs is 1. The molecule has 1 aliphatic heterocycles. The molecule has 2 heterocycles. The van der Waals surface area contributed by atoms with E-state index in [0.717, 1.165) is 26.1 Å². The zero-order valence-electron chi connectivity index (χ0n) is 18.2. The highest BCUT2D eigenvalue weighted by Crippen LogP contribution is 2.25. The summed E-state index contributed by atoms with van der Waals surface area (Å²) < 4.78 is 2.01. The highest BCUT2D eigenvalue weighted by atomic mass is 16.2. The summed E-state index contributed by atoms with van der Waals surface area (Å²) in [6, 6.07) is 17.8. The summed E-state index contributed by atoms with van der Waals surface area (Å²) >= 11 is 0. The molecule has 2 amide bonds. The van der Waals surface area contributed by atoms with Gasteiger partial charge in [0, 0.05) is 57.1 Å². The highest BCUT2D eigenvalue weighted by Gasteiger charge is 2.23. The molecular weight excluding hydrogens is 388 g/mol. The molecular formula is C25H28N4O2. The Labute approximate surface area is 182 Å². The minimum atomic E-state index is -0.130. The summed E-state index contributed by atoms with van der Waals surface area (Å²) in [5.74, 6) is -0.253. The van der Waals surface area contributed by atoms with Crippen LogP contribution in [0.25, 0.3) is 0 Å². The van der Waals surface area contributed by atoms with Gasteiger partial charge in [-0.1, -0.05) is 29.8 Å². The zero-order valence-corrected chi connectivity index (χ0v) is 18.2. The highest BCUT2D eigenvalue weighted by molar-refractivity contribution is 6.03. The predicted octanol–water partition coefficient (Wildman–Crippen LogP) is 4.10. The Balaban J connectivity index is 1.43. The average molecular weight is 417 g/mol. The van der Waals surface area contributed by atoms with Crippen LogP contribution in [0.5, 0.6) is 0 Å². The molecule has 2 aromatic carbocycles. The number of nitrogens with one attached hydrogen (secondary N) is 2. The van der Waals surface area contributed by atoms with E-state index in [1.807, 2.05) is 17.7 Å². The molecule has 0 fully saturated rings. The standard InChI is InChI=1S/C25H28N4O2/c1-17-4-6-19(7-5-17)15-29-13-12-23-20(16-29)14-24(28(23)3)25(31)27-22-10-8-21(9-11-22)26-18(2)30/h4-11,14H,12-13,15-16H2,1-3H3,(H,26,30)(H,27,31). The number of anilines is 2. The number of hydrogen-bond donors (Lipinski definition) is 2. The maximum atomic E-state index is 12.9. The van der Waals surface area contributed by atoms with Gasteiger partial charge in [0.1, 0.15) is 5.69 Å². The normalized spacial score (nSPS) is 13.5. The number of amides is 2. The van der Waals surface area contributed by atoms with Crippen molar-refractivity contribution in [2.75, 3.05) is 17.2 Å². The molecule has 0 aliphatic carbocycles. The van der Waals surface area contributed by atoms with Gasteiger partial charge < -0.3 is 15.2 Å². The molecule has 0 saturated heterocycles. The van der Waals surface area contributed by atoms with E-state index < -0.39 is 0 Å². The summed E-state index contributed by atoms with van der Waals surface area (Å²) in [4.78, 5) is 26.5. The molecule has 0 bridgehead atoms. The Hall–Kier alpha value is -3.38. The van der Waals surface area contributed by atoms with Crippen molar-refractivity contribution in [3.05, 3.63) is 82.7 Å². The van der Waals surface area contributed by atoms with Crippen molar-refractivity contribution in [2.45, 2.75) is 33.4 Å². The first-order valence-electron chi connectivity index (χ1n) is 10.5. The molecule has 3 aromatic rings. The van der Waals surface area contributed by atoms with Gasteiger partial charge in [-0.3, -0.25) is 14.5 Å². The van der Waals surface area contributed by atoms with Gasteiger partial charge in [0.05, 0.1) is 0 Å². The summed E-state index contributed by atoms with van der Waals surface area (Å²) in [6.45, 7) is 6.30. The number of nitrogens with zero attached hydrogens (tertiary/aromatic N) is 2. The Morgan fingerprint density at radius 2 is 1.61 bits per heavy atom. The van der Waals surface area contributed by atoms with Crippen LogP contribution in [-0.2, 0) is 31.4 Å². The van der Waals surface area contributed by atoms with E-state index in [9.17, 15) is 9.59 Å². The average Bonchev–Trinajstić information content (AvgIpc) is 3.07. The number of benzene rings is 2. The number of hydrogen-bond acceptors (Lipinski definition) is 3. The molecule has 6 heteroatoms. The van der Waals surface area contributed by atoms with Gasteiger partial charge in [-0.05, 0) is 48.4 Å². The predicted molar refractivity (Wildman–Crippen MR) is 123 cm³/mol. The van der Waals surface area contributed by atoms with Gasteiger partial charge in [0.2, 0.25) is 5.91 Å². The van der Waals surface area contributed by atoms with E-state index in [0.29, 0.717) is 17.1 Å². The van der Waals surface area contributed by atoms with E-state index in [2.05, 4.69) is 46.7 Å². The third-order valence-electron chi connectivity index (χ3n) is 5.73. The SMILES string of the molecule is CC(=O)Nc1ccc(NC(=O)c2cc3c(n2C)CCN(Cc2ccc(C)cc2)C3)cc1. The molecule has 6 nitrogen and oxygen atoms in total. The Kier molecular flexibility index (Phi) is 5.91. The fourth-order valence-corrected chi connectivity index (χ4v) is 4.09. The van der Waals surface area contributed by atoms with Crippen molar-refractivity contribution >= 4 is 23.2 Å². The molecule has 0 unspecified atom stereocenters. The van der Waals surface area contributed by atoms with E-state index in [-0.39, 0.29) is 11.8 Å². The molecule has 160 valence electrons. The Morgan fingerprint density at radius 1 is 0.968 bits per heavy atom. The van der Waals surface area contributed by atoms with Crippen LogP contribution >= 0.6 is 0 Å². The Morgan fingerprint density at radius 3 is 2.26 bits per heavy atom. The monoisotopic (exact) mass is 416 g/mol. The van der Waals surface area contributed by atoms with Crippen molar-refractivity contribution in [1.82, 2.24) is 9.47 Å². The first-order chi connectivity index (χ1) is 14.9. The van der Waals surface area contributed by atoms with Crippen LogP contribution in [0.15, 0.2) is 54.6 Å². The molecule has 1 aromatic heterocycles. The minimum Gasteiger partial charge on any atom is -0.343 e. The van der Waals surface area contributed by atoms with E-state index in [4.69, 9.17) is 0 Å². The fourth-order valence-electron chi connectivity index (χ4n) is 4.09. The molecule has 2 N–H and O–H groups in total. The van der Waals surface area contributed by atoms with Crippen molar-refractivity contribution in [3.63, 3.8) is 0 Å². The smallest absolute Gasteiger partial charge is 0.272 e. The quantitative estimate of drug-likeness (QED) is 0.658. The van der Waals surface area contributed by atoms with Crippen LogP contribution in [0.2, 0.25) is 0 Å². The lowest BCUT2D eigenvalue weighted by atomic mass is 10.1. The molecule has 0 radical (unpaired) electrons. The van der Waals surface area contributed by atoms with E-state index in [1.165, 1.54) is 29.3 Å². The van der Waals surface area contributed by atoms with Crippen LogP contribution in [0.3, 0.4) is 0 Å². The van der Waals surface area contributed by atoms with Crippen molar-refractivity contribution in [1.29, 1.82) is 0 Å². The molecule has 1 aliphatic rings. The van der Waals surface area contributed by atoms with Crippen LogP contribution in [0, 0.1) is 6.92 Å². The second-order valence-corrected chi connectivity index (χ2v) is 8.22. The van der Waals surface area contributed by atoms with Crippen molar-refractivity contribution in [3.8, 4) is 0 Å². The fraction of sp³-hybridized carbons (Fsp3) is 0.280. The van der Waals surface area contributed by atoms with Gasteiger partial charge in [-0.25, -0.2) is 0 Å². The molecule has 4 rings (SSSR count). The molecule has 31 heavy (non-hydrogen) atoms. The number of carbonyl (C=O) groups excluding carboxylic acids is 2. The van der Waals surface area contributed by atoms with Gasteiger partial charge in [0.25, 0.3) is 5.91 Å². The maximum absolute atomic E-state index is 12.9. The number of rotatable bonds is 5. The topological polar surface area (TPSA) is 66.4 Å². The largest absolute Gasteiger partial charge is 0.343 e. The first kappa shape index (κ1) is 20.9. The van der Waals surface area contributed by atoms with Crippen LogP contribution in [0.4, 0.5) is 11.4 Å². The van der Waals surface area contributed by atoms with Crippen LogP contribution in [-0.4, -0.2) is 27.8 Å². The van der Waals surface area contributed by atoms with Gasteiger partial charge in [-0.2, -0.15) is 0 Å². The number of aromatic nitrogens is 1. The third-order valence-corrected chi connectivity index (χ3v) is 5.73.